The number of anilines is 1. The molecule has 0 bridgehead atoms. The van der Waals surface area contributed by atoms with Gasteiger partial charge in [0.25, 0.3) is 11.4 Å². The molecule has 0 atom stereocenters. The van der Waals surface area contributed by atoms with Gasteiger partial charge < -0.3 is 9.84 Å². The molecular formula is C23H22BrN5O3. The molecule has 0 fully saturated rings. The summed E-state index contributed by atoms with van der Waals surface area (Å²) >= 11 is 3.38. The first-order valence-corrected chi connectivity index (χ1v) is 11.0. The maximum Gasteiger partial charge on any atom is 0.261 e. The number of fused-ring (bicyclic) bond motifs is 1. The van der Waals surface area contributed by atoms with Crippen LogP contribution in [0.2, 0.25) is 0 Å². The van der Waals surface area contributed by atoms with Gasteiger partial charge in [-0.2, -0.15) is 4.98 Å². The molecule has 0 radical (unpaired) electrons. The van der Waals surface area contributed by atoms with Crippen LogP contribution >= 0.6 is 15.9 Å². The van der Waals surface area contributed by atoms with E-state index in [4.69, 9.17) is 4.52 Å². The third kappa shape index (κ3) is 4.47. The Morgan fingerprint density at radius 3 is 2.81 bits per heavy atom. The van der Waals surface area contributed by atoms with Gasteiger partial charge in [-0.1, -0.05) is 47.1 Å². The van der Waals surface area contributed by atoms with E-state index in [0.29, 0.717) is 33.9 Å². The number of carbonyl (C=O) groups is 1. The van der Waals surface area contributed by atoms with Crippen LogP contribution in [0.1, 0.15) is 37.6 Å². The van der Waals surface area contributed by atoms with Gasteiger partial charge in [0.05, 0.1) is 28.5 Å². The van der Waals surface area contributed by atoms with E-state index in [1.807, 2.05) is 45.0 Å². The predicted molar refractivity (Wildman–Crippen MR) is 126 cm³/mol. The Morgan fingerprint density at radius 2 is 2.06 bits per heavy atom. The van der Waals surface area contributed by atoms with Gasteiger partial charge in [-0.15, -0.1) is 0 Å². The zero-order valence-corrected chi connectivity index (χ0v) is 19.5. The number of halogens is 1. The van der Waals surface area contributed by atoms with Gasteiger partial charge in [-0.3, -0.25) is 14.2 Å². The summed E-state index contributed by atoms with van der Waals surface area (Å²) in [7, 11) is 0. The van der Waals surface area contributed by atoms with Crippen LogP contribution in [0.25, 0.3) is 22.4 Å². The number of rotatable bonds is 6. The van der Waals surface area contributed by atoms with Crippen LogP contribution in [0, 0.1) is 6.92 Å². The van der Waals surface area contributed by atoms with Gasteiger partial charge in [0, 0.05) is 23.4 Å². The standard InChI is InChI=1S/C23H22BrN5O3/c1-13(2)21-27-22(32-28-21)16-6-4-5-14(3)20(16)26-19(30)9-10-29-12-25-18-8-7-15(24)11-17(18)23(29)31/h4-8,11-13H,9-10H2,1-3H3,(H,26,30). The summed E-state index contributed by atoms with van der Waals surface area (Å²) in [5, 5.41) is 7.45. The van der Waals surface area contributed by atoms with E-state index in [9.17, 15) is 9.59 Å². The van der Waals surface area contributed by atoms with Gasteiger partial charge in [0.15, 0.2) is 5.82 Å². The molecule has 2 heterocycles. The summed E-state index contributed by atoms with van der Waals surface area (Å²) in [6.07, 6.45) is 1.58. The third-order valence-electron chi connectivity index (χ3n) is 5.09. The van der Waals surface area contributed by atoms with Crippen LogP contribution < -0.4 is 10.9 Å². The summed E-state index contributed by atoms with van der Waals surface area (Å²) in [4.78, 5) is 34.2. The largest absolute Gasteiger partial charge is 0.334 e. The summed E-state index contributed by atoms with van der Waals surface area (Å²) in [6.45, 7) is 6.07. The lowest BCUT2D eigenvalue weighted by Gasteiger charge is -2.12. The normalized spacial score (nSPS) is 11.3. The molecule has 164 valence electrons. The molecule has 8 nitrogen and oxygen atoms in total. The van der Waals surface area contributed by atoms with E-state index < -0.39 is 0 Å². The highest BCUT2D eigenvalue weighted by molar-refractivity contribution is 9.10. The van der Waals surface area contributed by atoms with Gasteiger partial charge in [0.2, 0.25) is 5.91 Å². The van der Waals surface area contributed by atoms with Gasteiger partial charge in [-0.25, -0.2) is 4.98 Å². The van der Waals surface area contributed by atoms with E-state index in [2.05, 4.69) is 36.4 Å². The Hall–Kier alpha value is -3.33. The molecule has 0 saturated heterocycles. The van der Waals surface area contributed by atoms with Crippen LogP contribution in [-0.2, 0) is 11.3 Å². The SMILES string of the molecule is Cc1cccc(-c2nc(C(C)C)no2)c1NC(=O)CCn1cnc2ccc(Br)cc2c1=O. The average molecular weight is 496 g/mol. The second kappa shape index (κ2) is 9.04. The number of hydrogen-bond donors (Lipinski definition) is 1. The fraction of sp³-hybridized carbons (Fsp3) is 0.261. The van der Waals surface area contributed by atoms with Crippen molar-refractivity contribution in [3.63, 3.8) is 0 Å². The number of aromatic nitrogens is 4. The number of nitrogens with zero attached hydrogens (tertiary/aromatic N) is 4. The van der Waals surface area contributed by atoms with E-state index in [1.54, 1.807) is 12.1 Å². The van der Waals surface area contributed by atoms with E-state index >= 15 is 0 Å². The fourth-order valence-electron chi connectivity index (χ4n) is 3.31. The van der Waals surface area contributed by atoms with Crippen LogP contribution in [0.3, 0.4) is 0 Å². The lowest BCUT2D eigenvalue weighted by atomic mass is 10.1. The van der Waals surface area contributed by atoms with Crippen LogP contribution in [0.15, 0.2) is 56.5 Å². The first-order chi connectivity index (χ1) is 15.3. The van der Waals surface area contributed by atoms with E-state index in [0.717, 1.165) is 10.0 Å². The molecule has 0 aliphatic heterocycles. The Kier molecular flexibility index (Phi) is 6.18. The van der Waals surface area contributed by atoms with Crippen molar-refractivity contribution in [2.24, 2.45) is 0 Å². The van der Waals surface area contributed by atoms with Gasteiger partial charge in [-0.05, 0) is 36.8 Å². The minimum Gasteiger partial charge on any atom is -0.334 e. The average Bonchev–Trinajstić information content (AvgIpc) is 3.25. The first kappa shape index (κ1) is 21.9. The Bertz CT molecular complexity index is 1360. The van der Waals surface area contributed by atoms with Crippen LogP contribution in [0.4, 0.5) is 5.69 Å². The zero-order valence-electron chi connectivity index (χ0n) is 17.9. The molecular weight excluding hydrogens is 474 g/mol. The Morgan fingerprint density at radius 1 is 1.25 bits per heavy atom. The highest BCUT2D eigenvalue weighted by atomic mass is 79.9. The summed E-state index contributed by atoms with van der Waals surface area (Å²) in [5.74, 6) is 0.858. The quantitative estimate of drug-likeness (QED) is 0.416. The molecule has 0 aliphatic carbocycles. The van der Waals surface area contributed by atoms with Crippen molar-refractivity contribution < 1.29 is 9.32 Å². The number of aryl methyl sites for hydroxylation is 2. The second-order valence-corrected chi connectivity index (χ2v) is 8.73. The summed E-state index contributed by atoms with van der Waals surface area (Å²) in [6, 6.07) is 10.9. The number of benzene rings is 2. The lowest BCUT2D eigenvalue weighted by Crippen LogP contribution is -2.24. The molecule has 0 unspecified atom stereocenters. The van der Waals surface area contributed by atoms with E-state index in [1.165, 1.54) is 10.9 Å². The third-order valence-corrected chi connectivity index (χ3v) is 5.58. The topological polar surface area (TPSA) is 103 Å². The van der Waals surface area contributed by atoms with Gasteiger partial charge >= 0.3 is 0 Å². The number of hydrogen-bond acceptors (Lipinski definition) is 6. The second-order valence-electron chi connectivity index (χ2n) is 7.81. The molecule has 2 aromatic heterocycles. The molecule has 4 aromatic rings. The highest BCUT2D eigenvalue weighted by Crippen LogP contribution is 2.30. The van der Waals surface area contributed by atoms with Crippen molar-refractivity contribution in [3.05, 3.63) is 68.9 Å². The van der Waals surface area contributed by atoms with Crippen molar-refractivity contribution in [1.82, 2.24) is 19.7 Å². The van der Waals surface area contributed by atoms with Crippen molar-refractivity contribution in [2.75, 3.05) is 5.32 Å². The molecule has 32 heavy (non-hydrogen) atoms. The van der Waals surface area contributed by atoms with E-state index in [-0.39, 0.29) is 30.3 Å². The van der Waals surface area contributed by atoms with Crippen molar-refractivity contribution in [1.29, 1.82) is 0 Å². The summed E-state index contributed by atoms with van der Waals surface area (Å²) in [5.41, 5.74) is 2.57. The monoisotopic (exact) mass is 495 g/mol. The van der Waals surface area contributed by atoms with Crippen molar-refractivity contribution in [3.8, 4) is 11.5 Å². The molecule has 0 aliphatic rings. The zero-order chi connectivity index (χ0) is 22.8. The highest BCUT2D eigenvalue weighted by Gasteiger charge is 2.18. The first-order valence-electron chi connectivity index (χ1n) is 10.2. The molecule has 1 N–H and O–H groups in total. The summed E-state index contributed by atoms with van der Waals surface area (Å²) < 4.78 is 7.66. The van der Waals surface area contributed by atoms with Crippen LogP contribution in [0.5, 0.6) is 0 Å². The number of para-hydroxylation sites is 1. The molecule has 0 spiro atoms. The molecule has 0 saturated carbocycles. The van der Waals surface area contributed by atoms with Gasteiger partial charge in [0.1, 0.15) is 0 Å². The molecule has 1 amide bonds. The predicted octanol–water partition coefficient (Wildman–Crippen LogP) is 4.67. The lowest BCUT2D eigenvalue weighted by molar-refractivity contribution is -0.116. The minimum absolute atomic E-state index is 0.107. The number of nitrogens with one attached hydrogen (secondary N) is 1. The number of carbonyl (C=O) groups excluding carboxylic acids is 1. The molecule has 2 aromatic carbocycles. The fourth-order valence-corrected chi connectivity index (χ4v) is 3.67. The van der Waals surface area contributed by atoms with Crippen molar-refractivity contribution in [2.45, 2.75) is 39.7 Å². The minimum atomic E-state index is -0.231. The maximum atomic E-state index is 12.7. The Balaban J connectivity index is 1.53. The maximum absolute atomic E-state index is 12.7. The smallest absolute Gasteiger partial charge is 0.261 e. The van der Waals surface area contributed by atoms with Crippen LogP contribution in [-0.4, -0.2) is 25.6 Å². The molecule has 4 rings (SSSR count). The molecule has 9 heteroatoms. The Labute approximate surface area is 192 Å². The van der Waals surface area contributed by atoms with Crippen molar-refractivity contribution >= 4 is 38.4 Å². The number of amides is 1.